The molecule has 0 aromatic heterocycles. The minimum Gasteiger partial charge on any atom is -0.507 e. The Kier molecular flexibility index (Phi) is 4.39. The normalized spacial score (nSPS) is 12.8. The topological polar surface area (TPSA) is 141 Å². The van der Waals surface area contributed by atoms with Gasteiger partial charge in [-0.1, -0.05) is 26.0 Å². The van der Waals surface area contributed by atoms with Crippen LogP contribution in [0, 0.1) is 0 Å². The zero-order chi connectivity index (χ0) is 22.8. The third kappa shape index (κ3) is 2.58. The number of carbonyl (C=O) groups excluding carboxylic acids is 3. The van der Waals surface area contributed by atoms with Crippen molar-refractivity contribution in [1.29, 1.82) is 0 Å². The molecule has 0 heterocycles. The number of hydrogen-bond acceptors (Lipinski definition) is 8. The van der Waals surface area contributed by atoms with E-state index in [1.807, 2.05) is 0 Å². The lowest BCUT2D eigenvalue weighted by Gasteiger charge is -2.24. The standard InChI is InChI=1S/C23H18O8/c1-8(2)10-7-12(25)15-16(14(10)23(30)31-3)22(29)17-18(21(15)28)20(27)13-9(19(17)26)5-4-6-11(13)24/h4-8,24-25,28-29H,1-3H3. The van der Waals surface area contributed by atoms with Crippen LogP contribution in [0.1, 0.15) is 67.5 Å². The summed E-state index contributed by atoms with van der Waals surface area (Å²) in [6.07, 6.45) is 0. The number of benzene rings is 3. The number of esters is 1. The van der Waals surface area contributed by atoms with Crippen molar-refractivity contribution in [1.82, 2.24) is 0 Å². The molecule has 0 saturated heterocycles. The van der Waals surface area contributed by atoms with Crippen molar-refractivity contribution >= 4 is 28.3 Å². The first-order valence-electron chi connectivity index (χ1n) is 9.38. The summed E-state index contributed by atoms with van der Waals surface area (Å²) in [5.74, 6) is -5.35. The molecule has 158 valence electrons. The molecule has 1 aliphatic rings. The Hall–Kier alpha value is -4.07. The van der Waals surface area contributed by atoms with E-state index in [1.54, 1.807) is 13.8 Å². The summed E-state index contributed by atoms with van der Waals surface area (Å²) in [7, 11) is 1.13. The first-order valence-corrected chi connectivity index (χ1v) is 9.38. The van der Waals surface area contributed by atoms with E-state index in [-0.39, 0.29) is 33.4 Å². The molecule has 3 aromatic carbocycles. The fourth-order valence-corrected chi connectivity index (χ4v) is 4.10. The molecule has 1 aliphatic carbocycles. The molecule has 0 aliphatic heterocycles. The lowest BCUT2D eigenvalue weighted by molar-refractivity contribution is 0.0600. The van der Waals surface area contributed by atoms with Gasteiger partial charge in [-0.15, -0.1) is 0 Å². The summed E-state index contributed by atoms with van der Waals surface area (Å²) in [6.45, 7) is 3.49. The molecule has 8 heteroatoms. The molecule has 0 bridgehead atoms. The van der Waals surface area contributed by atoms with Gasteiger partial charge < -0.3 is 25.2 Å². The van der Waals surface area contributed by atoms with Crippen LogP contribution in [0.5, 0.6) is 23.0 Å². The molecule has 8 nitrogen and oxygen atoms in total. The molecular formula is C23H18O8. The molecule has 3 aromatic rings. The summed E-state index contributed by atoms with van der Waals surface area (Å²) in [5.41, 5.74) is -1.37. The maximum Gasteiger partial charge on any atom is 0.338 e. The van der Waals surface area contributed by atoms with Crippen LogP contribution in [0.15, 0.2) is 24.3 Å². The Morgan fingerprint density at radius 1 is 0.871 bits per heavy atom. The number of phenolic OH excluding ortho intramolecular Hbond substituents is 4. The number of fused-ring (bicyclic) bond motifs is 3. The lowest BCUT2D eigenvalue weighted by Crippen LogP contribution is -2.22. The number of rotatable bonds is 2. The van der Waals surface area contributed by atoms with E-state index in [0.29, 0.717) is 5.56 Å². The number of aromatic hydroxyl groups is 4. The third-order valence-corrected chi connectivity index (χ3v) is 5.51. The summed E-state index contributed by atoms with van der Waals surface area (Å²) < 4.78 is 4.84. The summed E-state index contributed by atoms with van der Waals surface area (Å²) in [6, 6.07) is 5.13. The maximum absolute atomic E-state index is 13.2. The van der Waals surface area contributed by atoms with Crippen LogP contribution >= 0.6 is 0 Å². The Morgan fingerprint density at radius 2 is 1.48 bits per heavy atom. The minimum absolute atomic E-state index is 0.136. The van der Waals surface area contributed by atoms with Crippen LogP contribution in [0.2, 0.25) is 0 Å². The molecule has 0 atom stereocenters. The van der Waals surface area contributed by atoms with Crippen molar-refractivity contribution in [3.05, 3.63) is 57.6 Å². The second-order valence-electron chi connectivity index (χ2n) is 7.56. The van der Waals surface area contributed by atoms with Gasteiger partial charge in [0.05, 0.1) is 34.7 Å². The van der Waals surface area contributed by atoms with Crippen LogP contribution < -0.4 is 0 Å². The SMILES string of the molecule is COC(=O)c1c(C(C)C)cc(O)c2c(O)c3c(c(O)c12)C(=O)c1cccc(O)c1C3=O. The van der Waals surface area contributed by atoms with Gasteiger partial charge in [-0.05, 0) is 23.6 Å². The van der Waals surface area contributed by atoms with Crippen molar-refractivity contribution in [3.63, 3.8) is 0 Å². The number of phenols is 4. The highest BCUT2D eigenvalue weighted by atomic mass is 16.5. The number of ketones is 2. The Labute approximate surface area is 175 Å². The highest BCUT2D eigenvalue weighted by Crippen LogP contribution is 2.50. The molecule has 0 fully saturated rings. The monoisotopic (exact) mass is 422 g/mol. The fraction of sp³-hybridized carbons (Fsp3) is 0.174. The highest BCUT2D eigenvalue weighted by Gasteiger charge is 2.39. The molecule has 0 saturated carbocycles. The Morgan fingerprint density at radius 3 is 2.10 bits per heavy atom. The summed E-state index contributed by atoms with van der Waals surface area (Å²) in [4.78, 5) is 38.9. The van der Waals surface area contributed by atoms with Gasteiger partial charge in [0.2, 0.25) is 5.78 Å². The summed E-state index contributed by atoms with van der Waals surface area (Å²) in [5, 5.41) is 42.1. The van der Waals surface area contributed by atoms with Gasteiger partial charge in [0.15, 0.2) is 5.78 Å². The fourth-order valence-electron chi connectivity index (χ4n) is 4.10. The third-order valence-electron chi connectivity index (χ3n) is 5.51. The Bertz CT molecular complexity index is 1330. The minimum atomic E-state index is -0.899. The lowest BCUT2D eigenvalue weighted by atomic mass is 9.79. The predicted molar refractivity (Wildman–Crippen MR) is 109 cm³/mol. The maximum atomic E-state index is 13.2. The van der Waals surface area contributed by atoms with Crippen LogP contribution in [0.4, 0.5) is 0 Å². The molecule has 4 N–H and O–H groups in total. The highest BCUT2D eigenvalue weighted by molar-refractivity contribution is 6.34. The van der Waals surface area contributed by atoms with E-state index >= 15 is 0 Å². The number of hydrogen-bond donors (Lipinski definition) is 4. The van der Waals surface area contributed by atoms with E-state index in [2.05, 4.69) is 0 Å². The van der Waals surface area contributed by atoms with Crippen LogP contribution in [0.25, 0.3) is 10.8 Å². The van der Waals surface area contributed by atoms with Crippen molar-refractivity contribution in [2.75, 3.05) is 7.11 Å². The van der Waals surface area contributed by atoms with E-state index in [4.69, 9.17) is 4.74 Å². The molecule has 0 unspecified atom stereocenters. The van der Waals surface area contributed by atoms with Crippen LogP contribution in [-0.2, 0) is 4.74 Å². The van der Waals surface area contributed by atoms with E-state index < -0.39 is 51.7 Å². The number of methoxy groups -OCH3 is 1. The van der Waals surface area contributed by atoms with Gasteiger partial charge in [0.25, 0.3) is 0 Å². The van der Waals surface area contributed by atoms with Gasteiger partial charge in [0, 0.05) is 10.9 Å². The van der Waals surface area contributed by atoms with Gasteiger partial charge in [-0.3, -0.25) is 9.59 Å². The van der Waals surface area contributed by atoms with E-state index in [0.717, 1.165) is 7.11 Å². The van der Waals surface area contributed by atoms with Gasteiger partial charge >= 0.3 is 5.97 Å². The van der Waals surface area contributed by atoms with E-state index in [9.17, 15) is 34.8 Å². The van der Waals surface area contributed by atoms with Gasteiger partial charge in [0.1, 0.15) is 23.0 Å². The predicted octanol–water partition coefficient (Wildman–Crippen LogP) is 3.35. The molecule has 0 amide bonds. The van der Waals surface area contributed by atoms with E-state index in [1.165, 1.54) is 24.3 Å². The molecule has 31 heavy (non-hydrogen) atoms. The molecule has 0 radical (unpaired) electrons. The second kappa shape index (κ2) is 6.73. The van der Waals surface area contributed by atoms with Crippen molar-refractivity contribution in [2.24, 2.45) is 0 Å². The van der Waals surface area contributed by atoms with Crippen LogP contribution in [0.3, 0.4) is 0 Å². The van der Waals surface area contributed by atoms with Gasteiger partial charge in [-0.25, -0.2) is 4.79 Å². The molecule has 4 rings (SSSR count). The van der Waals surface area contributed by atoms with Crippen LogP contribution in [-0.4, -0.2) is 45.1 Å². The molecule has 0 spiro atoms. The first kappa shape index (κ1) is 20.2. The van der Waals surface area contributed by atoms with Gasteiger partial charge in [-0.2, -0.15) is 0 Å². The smallest absolute Gasteiger partial charge is 0.338 e. The second-order valence-corrected chi connectivity index (χ2v) is 7.56. The largest absolute Gasteiger partial charge is 0.507 e. The number of carbonyl (C=O) groups is 3. The number of ether oxygens (including phenoxy) is 1. The average Bonchev–Trinajstić information content (AvgIpc) is 2.72. The molecular weight excluding hydrogens is 404 g/mol. The zero-order valence-corrected chi connectivity index (χ0v) is 16.8. The average molecular weight is 422 g/mol. The van der Waals surface area contributed by atoms with Crippen molar-refractivity contribution in [2.45, 2.75) is 19.8 Å². The van der Waals surface area contributed by atoms with Crippen molar-refractivity contribution in [3.8, 4) is 23.0 Å². The first-order chi connectivity index (χ1) is 14.6. The zero-order valence-electron chi connectivity index (χ0n) is 16.8. The Balaban J connectivity index is 2.25. The summed E-state index contributed by atoms with van der Waals surface area (Å²) >= 11 is 0. The quantitative estimate of drug-likeness (QED) is 0.285. The van der Waals surface area contributed by atoms with Crippen molar-refractivity contribution < 1.29 is 39.5 Å².